The third kappa shape index (κ3) is 4.86. The van der Waals surface area contributed by atoms with Crippen molar-refractivity contribution < 1.29 is 14.3 Å². The van der Waals surface area contributed by atoms with Crippen molar-refractivity contribution in [1.29, 1.82) is 0 Å². The molecule has 3 aromatic rings. The van der Waals surface area contributed by atoms with Gasteiger partial charge in [-0.1, -0.05) is 85.8 Å². The molecule has 4 nitrogen and oxygen atoms in total. The predicted octanol–water partition coefficient (Wildman–Crippen LogP) is 4.53. The van der Waals surface area contributed by atoms with E-state index in [0.717, 1.165) is 11.1 Å². The highest BCUT2D eigenvalue weighted by atomic mass is 16.5. The van der Waals surface area contributed by atoms with Gasteiger partial charge in [-0.25, -0.2) is 4.79 Å². The molecule has 0 saturated heterocycles. The molecule has 3 rings (SSSR count). The minimum Gasteiger partial charge on any atom is -0.451 e. The van der Waals surface area contributed by atoms with Crippen LogP contribution in [0.2, 0.25) is 0 Å². The highest BCUT2D eigenvalue weighted by Crippen LogP contribution is 2.26. The standard InChI is InChI=1S/C24H23NO3/c1-2-21(25-23(26)20-16-10-5-11-17-20)24(27)28-22(18-12-6-3-7-13-18)19-14-8-4-9-15-19/h3-17,21-22H,2H2,1H3,(H,25,26). The zero-order valence-corrected chi connectivity index (χ0v) is 15.7. The van der Waals surface area contributed by atoms with Gasteiger partial charge in [0, 0.05) is 5.56 Å². The van der Waals surface area contributed by atoms with Crippen molar-refractivity contribution in [2.45, 2.75) is 25.5 Å². The number of esters is 1. The third-order valence-electron chi connectivity index (χ3n) is 4.47. The van der Waals surface area contributed by atoms with E-state index in [1.54, 1.807) is 24.3 Å². The average molecular weight is 373 g/mol. The number of nitrogens with one attached hydrogen (secondary N) is 1. The molecule has 0 bridgehead atoms. The molecule has 0 spiro atoms. The van der Waals surface area contributed by atoms with Crippen molar-refractivity contribution >= 4 is 11.9 Å². The molecule has 0 aliphatic carbocycles. The summed E-state index contributed by atoms with van der Waals surface area (Å²) < 4.78 is 5.86. The van der Waals surface area contributed by atoms with Gasteiger partial charge in [0.1, 0.15) is 6.04 Å². The highest BCUT2D eigenvalue weighted by molar-refractivity contribution is 5.96. The van der Waals surface area contributed by atoms with E-state index in [4.69, 9.17) is 4.74 Å². The summed E-state index contributed by atoms with van der Waals surface area (Å²) in [4.78, 5) is 25.3. The molecule has 4 heteroatoms. The molecule has 1 unspecified atom stereocenters. The van der Waals surface area contributed by atoms with Crippen LogP contribution in [0, 0.1) is 0 Å². The Labute approximate surface area is 165 Å². The van der Waals surface area contributed by atoms with E-state index in [2.05, 4.69) is 5.32 Å². The zero-order chi connectivity index (χ0) is 19.8. The fourth-order valence-corrected chi connectivity index (χ4v) is 2.94. The van der Waals surface area contributed by atoms with Gasteiger partial charge in [-0.3, -0.25) is 4.79 Å². The first-order valence-electron chi connectivity index (χ1n) is 9.35. The third-order valence-corrected chi connectivity index (χ3v) is 4.47. The summed E-state index contributed by atoms with van der Waals surface area (Å²) in [6.45, 7) is 1.84. The molecule has 0 radical (unpaired) electrons. The quantitative estimate of drug-likeness (QED) is 0.619. The van der Waals surface area contributed by atoms with Crippen molar-refractivity contribution in [3.63, 3.8) is 0 Å². The predicted molar refractivity (Wildman–Crippen MR) is 109 cm³/mol. The summed E-state index contributed by atoms with van der Waals surface area (Å²) in [5.74, 6) is -0.746. The van der Waals surface area contributed by atoms with Gasteiger partial charge in [0.2, 0.25) is 0 Å². The van der Waals surface area contributed by atoms with E-state index in [1.807, 2.05) is 73.7 Å². The smallest absolute Gasteiger partial charge is 0.329 e. The van der Waals surface area contributed by atoms with Crippen molar-refractivity contribution in [2.75, 3.05) is 0 Å². The van der Waals surface area contributed by atoms with Crippen molar-refractivity contribution in [3.05, 3.63) is 108 Å². The lowest BCUT2D eigenvalue weighted by Gasteiger charge is -2.23. The Morgan fingerprint density at radius 2 is 1.25 bits per heavy atom. The lowest BCUT2D eigenvalue weighted by atomic mass is 10.0. The summed E-state index contributed by atoms with van der Waals surface area (Å²) in [5, 5.41) is 2.78. The van der Waals surface area contributed by atoms with Gasteiger partial charge in [0.05, 0.1) is 0 Å². The second kappa shape index (κ2) is 9.51. The Balaban J connectivity index is 1.77. The van der Waals surface area contributed by atoms with Crippen LogP contribution >= 0.6 is 0 Å². The molecular weight excluding hydrogens is 350 g/mol. The summed E-state index contributed by atoms with van der Waals surface area (Å²) in [5.41, 5.74) is 2.27. The number of hydrogen-bond donors (Lipinski definition) is 1. The van der Waals surface area contributed by atoms with Crippen LogP contribution in [0.1, 0.15) is 40.9 Å². The summed E-state index contributed by atoms with van der Waals surface area (Å²) in [7, 11) is 0. The monoisotopic (exact) mass is 373 g/mol. The van der Waals surface area contributed by atoms with Crippen LogP contribution in [0.3, 0.4) is 0 Å². The second-order valence-corrected chi connectivity index (χ2v) is 6.44. The van der Waals surface area contributed by atoms with Crippen LogP contribution < -0.4 is 5.32 Å². The van der Waals surface area contributed by atoms with E-state index in [-0.39, 0.29) is 5.91 Å². The molecule has 0 fully saturated rings. The molecule has 0 saturated carbocycles. The molecule has 1 atom stereocenters. The maximum absolute atomic E-state index is 12.9. The normalized spacial score (nSPS) is 11.6. The number of carbonyl (C=O) groups excluding carboxylic acids is 2. The maximum atomic E-state index is 12.9. The molecule has 3 aromatic carbocycles. The van der Waals surface area contributed by atoms with E-state index >= 15 is 0 Å². The molecule has 0 aliphatic rings. The molecule has 1 amide bonds. The summed E-state index contributed by atoms with van der Waals surface area (Å²) >= 11 is 0. The largest absolute Gasteiger partial charge is 0.451 e. The van der Waals surface area contributed by atoms with Crippen molar-refractivity contribution in [1.82, 2.24) is 5.32 Å². The molecule has 142 valence electrons. The van der Waals surface area contributed by atoms with Crippen LogP contribution in [-0.2, 0) is 9.53 Å². The Bertz CT molecular complexity index is 855. The van der Waals surface area contributed by atoms with Crippen LogP contribution in [0.15, 0.2) is 91.0 Å². The maximum Gasteiger partial charge on any atom is 0.329 e. The van der Waals surface area contributed by atoms with Crippen molar-refractivity contribution in [3.8, 4) is 0 Å². The molecule has 0 heterocycles. The molecule has 0 aromatic heterocycles. The Hall–Kier alpha value is -3.40. The molecule has 0 aliphatic heterocycles. The Kier molecular flexibility index (Phi) is 6.58. The lowest BCUT2D eigenvalue weighted by Crippen LogP contribution is -2.41. The Morgan fingerprint density at radius 3 is 1.71 bits per heavy atom. The van der Waals surface area contributed by atoms with E-state index < -0.39 is 18.1 Å². The summed E-state index contributed by atoms with van der Waals surface area (Å²) in [6, 6.07) is 27.3. The van der Waals surface area contributed by atoms with Gasteiger partial charge in [-0.15, -0.1) is 0 Å². The van der Waals surface area contributed by atoms with Crippen LogP contribution in [0.4, 0.5) is 0 Å². The number of hydrogen-bond acceptors (Lipinski definition) is 3. The number of ether oxygens (including phenoxy) is 1. The number of benzene rings is 3. The fourth-order valence-electron chi connectivity index (χ4n) is 2.94. The van der Waals surface area contributed by atoms with Gasteiger partial charge >= 0.3 is 5.97 Å². The lowest BCUT2D eigenvalue weighted by molar-refractivity contribution is -0.150. The minimum absolute atomic E-state index is 0.291. The van der Waals surface area contributed by atoms with Gasteiger partial charge in [0.25, 0.3) is 5.91 Å². The fraction of sp³-hybridized carbons (Fsp3) is 0.167. The minimum atomic E-state index is -0.720. The van der Waals surface area contributed by atoms with E-state index in [1.165, 1.54) is 0 Å². The number of amides is 1. The molecular formula is C24H23NO3. The average Bonchev–Trinajstić information content (AvgIpc) is 2.77. The zero-order valence-electron chi connectivity index (χ0n) is 15.7. The first-order valence-corrected chi connectivity index (χ1v) is 9.35. The van der Waals surface area contributed by atoms with Gasteiger partial charge in [-0.05, 0) is 29.7 Å². The first kappa shape index (κ1) is 19.4. The van der Waals surface area contributed by atoms with E-state index in [0.29, 0.717) is 12.0 Å². The second-order valence-electron chi connectivity index (χ2n) is 6.44. The highest BCUT2D eigenvalue weighted by Gasteiger charge is 2.26. The van der Waals surface area contributed by atoms with Gasteiger partial charge in [-0.2, -0.15) is 0 Å². The topological polar surface area (TPSA) is 55.4 Å². The van der Waals surface area contributed by atoms with Crippen LogP contribution in [-0.4, -0.2) is 17.9 Å². The molecule has 1 N–H and O–H groups in total. The van der Waals surface area contributed by atoms with E-state index in [9.17, 15) is 9.59 Å². The van der Waals surface area contributed by atoms with Crippen LogP contribution in [0.25, 0.3) is 0 Å². The van der Waals surface area contributed by atoms with Gasteiger partial charge < -0.3 is 10.1 Å². The number of carbonyl (C=O) groups is 2. The SMILES string of the molecule is CCC(NC(=O)c1ccccc1)C(=O)OC(c1ccccc1)c1ccccc1. The summed E-state index contributed by atoms with van der Waals surface area (Å²) in [6.07, 6.45) is -0.0918. The van der Waals surface area contributed by atoms with Crippen molar-refractivity contribution in [2.24, 2.45) is 0 Å². The van der Waals surface area contributed by atoms with Crippen LogP contribution in [0.5, 0.6) is 0 Å². The first-order chi connectivity index (χ1) is 13.7. The molecule has 28 heavy (non-hydrogen) atoms. The number of rotatable bonds is 7. The van der Waals surface area contributed by atoms with Gasteiger partial charge in [0.15, 0.2) is 6.10 Å². The Morgan fingerprint density at radius 1 is 0.786 bits per heavy atom.